The lowest BCUT2D eigenvalue weighted by Crippen LogP contribution is -2.53. The average molecular weight is 436 g/mol. The molecule has 2 saturated heterocycles. The van der Waals surface area contributed by atoms with Gasteiger partial charge in [-0.05, 0) is 53.4 Å². The molecule has 0 bridgehead atoms. The molecule has 1 amide bonds. The third kappa shape index (κ3) is 7.09. The van der Waals surface area contributed by atoms with E-state index in [1.54, 1.807) is 4.90 Å². The van der Waals surface area contributed by atoms with Crippen LogP contribution in [-0.4, -0.2) is 75.7 Å². The summed E-state index contributed by atoms with van der Waals surface area (Å²) >= 11 is 0. The maximum Gasteiger partial charge on any atom is 0.410 e. The molecule has 3 rings (SSSR count). The highest BCUT2D eigenvalue weighted by Gasteiger charge is 2.28. The highest BCUT2D eigenvalue weighted by atomic mass is 16.6. The number of likely N-dealkylation sites (tertiary alicyclic amines) is 1. The van der Waals surface area contributed by atoms with Gasteiger partial charge in [-0.1, -0.05) is 0 Å². The van der Waals surface area contributed by atoms with Gasteiger partial charge in [0.2, 0.25) is 0 Å². The number of rotatable bonds is 5. The van der Waals surface area contributed by atoms with Crippen LogP contribution in [0.3, 0.4) is 0 Å². The Kier molecular flexibility index (Phi) is 7.74. The van der Waals surface area contributed by atoms with Gasteiger partial charge in [0.05, 0.1) is 6.10 Å². The Bertz CT molecular complexity index is 766. The number of guanidine groups is 1. The second-order valence-electron chi connectivity index (χ2n) is 9.31. The normalized spacial score (nSPS) is 22.5. The molecule has 0 saturated carbocycles. The predicted molar refractivity (Wildman–Crippen MR) is 118 cm³/mol. The van der Waals surface area contributed by atoms with Crippen LogP contribution in [-0.2, 0) is 23.1 Å². The zero-order valence-electron chi connectivity index (χ0n) is 19.5. The van der Waals surface area contributed by atoms with E-state index in [0.29, 0.717) is 32.1 Å². The smallest absolute Gasteiger partial charge is 0.410 e. The average Bonchev–Trinajstić information content (AvgIpc) is 3.34. The monoisotopic (exact) mass is 435 g/mol. The lowest BCUT2D eigenvalue weighted by atomic mass is 10.1. The van der Waals surface area contributed by atoms with Crippen LogP contribution in [0.2, 0.25) is 0 Å². The second kappa shape index (κ2) is 10.3. The minimum absolute atomic E-state index is 0.0956. The number of hydrogen-bond donors (Lipinski definition) is 2. The second-order valence-corrected chi connectivity index (χ2v) is 9.31. The zero-order valence-corrected chi connectivity index (χ0v) is 19.5. The summed E-state index contributed by atoms with van der Waals surface area (Å²) in [6.07, 6.45) is 3.96. The summed E-state index contributed by atoms with van der Waals surface area (Å²) < 4.78 is 13.2. The maximum atomic E-state index is 12.5. The highest BCUT2D eigenvalue weighted by molar-refractivity contribution is 5.80. The highest BCUT2D eigenvalue weighted by Crippen LogP contribution is 2.16. The van der Waals surface area contributed by atoms with Crippen molar-refractivity contribution in [1.29, 1.82) is 0 Å². The van der Waals surface area contributed by atoms with Crippen molar-refractivity contribution in [3.63, 3.8) is 0 Å². The van der Waals surface area contributed by atoms with Gasteiger partial charge in [-0.15, -0.1) is 10.2 Å². The molecule has 0 aromatic carbocycles. The Morgan fingerprint density at radius 1 is 1.29 bits per heavy atom. The summed E-state index contributed by atoms with van der Waals surface area (Å²) in [6, 6.07) is 0.0956. The molecule has 0 radical (unpaired) electrons. The van der Waals surface area contributed by atoms with E-state index in [1.807, 2.05) is 39.3 Å². The van der Waals surface area contributed by atoms with Crippen LogP contribution in [0.5, 0.6) is 0 Å². The van der Waals surface area contributed by atoms with Crippen LogP contribution in [0, 0.1) is 6.92 Å². The Balaban J connectivity index is 1.62. The van der Waals surface area contributed by atoms with Gasteiger partial charge in [0.1, 0.15) is 18.0 Å². The summed E-state index contributed by atoms with van der Waals surface area (Å²) in [5.74, 6) is 2.36. The number of carbonyl (C=O) groups excluding carboxylic acids is 1. The van der Waals surface area contributed by atoms with E-state index < -0.39 is 5.60 Å². The first-order chi connectivity index (χ1) is 14.7. The summed E-state index contributed by atoms with van der Waals surface area (Å²) in [4.78, 5) is 19.0. The number of amides is 1. The number of hydrogen-bond acceptors (Lipinski definition) is 6. The number of nitrogens with zero attached hydrogens (tertiary/aromatic N) is 5. The molecule has 2 N–H and O–H groups in total. The fourth-order valence-corrected chi connectivity index (χ4v) is 3.69. The molecule has 1 aromatic rings. The zero-order chi connectivity index (χ0) is 22.4. The van der Waals surface area contributed by atoms with Crippen LogP contribution >= 0.6 is 0 Å². The Morgan fingerprint density at radius 2 is 2.10 bits per heavy atom. The van der Waals surface area contributed by atoms with Crippen molar-refractivity contribution in [3.8, 4) is 0 Å². The van der Waals surface area contributed by atoms with E-state index in [9.17, 15) is 4.79 Å². The van der Waals surface area contributed by atoms with Gasteiger partial charge < -0.3 is 29.6 Å². The molecule has 31 heavy (non-hydrogen) atoms. The lowest BCUT2D eigenvalue weighted by Gasteiger charge is -2.35. The molecule has 0 spiro atoms. The van der Waals surface area contributed by atoms with E-state index >= 15 is 0 Å². The Labute approximate surface area is 184 Å². The van der Waals surface area contributed by atoms with Crippen LogP contribution in [0.15, 0.2) is 4.99 Å². The van der Waals surface area contributed by atoms with Crippen molar-refractivity contribution < 1.29 is 14.3 Å². The van der Waals surface area contributed by atoms with Crippen LogP contribution in [0.4, 0.5) is 4.79 Å². The van der Waals surface area contributed by atoms with E-state index in [0.717, 1.165) is 43.9 Å². The molecule has 0 aliphatic carbocycles. The SMILES string of the molecule is Cc1nnc(CN=C(NCC2CCCO2)NC2CCCN(C(=O)OC(C)(C)C)C2)n1C. The quantitative estimate of drug-likeness (QED) is 0.536. The lowest BCUT2D eigenvalue weighted by molar-refractivity contribution is 0.0193. The molecule has 1 aromatic heterocycles. The molecule has 2 unspecified atom stereocenters. The number of aryl methyl sites for hydroxylation is 1. The minimum atomic E-state index is -0.499. The van der Waals surface area contributed by atoms with Gasteiger partial charge in [-0.25, -0.2) is 9.79 Å². The summed E-state index contributed by atoms with van der Waals surface area (Å²) in [5.41, 5.74) is -0.499. The predicted octanol–water partition coefficient (Wildman–Crippen LogP) is 1.74. The minimum Gasteiger partial charge on any atom is -0.444 e. The third-order valence-corrected chi connectivity index (χ3v) is 5.50. The molecule has 10 nitrogen and oxygen atoms in total. The molecular formula is C21H37N7O3. The number of ether oxygens (including phenoxy) is 2. The molecular weight excluding hydrogens is 398 g/mol. The van der Waals surface area contributed by atoms with Crippen LogP contribution < -0.4 is 10.6 Å². The largest absolute Gasteiger partial charge is 0.444 e. The van der Waals surface area contributed by atoms with Crippen LogP contribution in [0.1, 0.15) is 58.1 Å². The van der Waals surface area contributed by atoms with Crippen LogP contribution in [0.25, 0.3) is 0 Å². The summed E-state index contributed by atoms with van der Waals surface area (Å²) in [7, 11) is 1.94. The number of aliphatic imine (C=N–C) groups is 1. The fourth-order valence-electron chi connectivity index (χ4n) is 3.69. The van der Waals surface area contributed by atoms with Crippen molar-refractivity contribution >= 4 is 12.1 Å². The molecule has 10 heteroatoms. The molecule has 2 aliphatic rings. The molecule has 174 valence electrons. The first-order valence-electron chi connectivity index (χ1n) is 11.2. The van der Waals surface area contributed by atoms with Gasteiger partial charge in [0, 0.05) is 39.3 Å². The topological polar surface area (TPSA) is 106 Å². The number of aromatic nitrogens is 3. The Morgan fingerprint density at radius 3 is 2.74 bits per heavy atom. The number of nitrogens with one attached hydrogen (secondary N) is 2. The van der Waals surface area contributed by atoms with Crippen molar-refractivity contribution in [2.24, 2.45) is 12.0 Å². The van der Waals surface area contributed by atoms with Gasteiger partial charge in [0.25, 0.3) is 0 Å². The number of carbonyl (C=O) groups is 1. The van der Waals surface area contributed by atoms with E-state index in [-0.39, 0.29) is 18.2 Å². The van der Waals surface area contributed by atoms with Crippen molar-refractivity contribution in [2.45, 2.75) is 77.7 Å². The summed E-state index contributed by atoms with van der Waals surface area (Å²) in [6.45, 7) is 10.8. The van der Waals surface area contributed by atoms with Crippen molar-refractivity contribution in [2.75, 3.05) is 26.2 Å². The van der Waals surface area contributed by atoms with Gasteiger partial charge in [-0.2, -0.15) is 0 Å². The van der Waals surface area contributed by atoms with E-state index in [1.165, 1.54) is 0 Å². The van der Waals surface area contributed by atoms with Gasteiger partial charge >= 0.3 is 6.09 Å². The number of piperidine rings is 1. The third-order valence-electron chi connectivity index (χ3n) is 5.50. The maximum absolute atomic E-state index is 12.5. The first-order valence-corrected chi connectivity index (χ1v) is 11.2. The van der Waals surface area contributed by atoms with E-state index in [2.05, 4.69) is 20.8 Å². The van der Waals surface area contributed by atoms with Gasteiger partial charge in [0.15, 0.2) is 11.8 Å². The molecule has 2 aliphatic heterocycles. The van der Waals surface area contributed by atoms with E-state index in [4.69, 9.17) is 14.5 Å². The van der Waals surface area contributed by atoms with Crippen molar-refractivity contribution in [1.82, 2.24) is 30.3 Å². The fraction of sp³-hybridized carbons (Fsp3) is 0.810. The molecule has 3 heterocycles. The Hall–Kier alpha value is -2.36. The van der Waals surface area contributed by atoms with Crippen molar-refractivity contribution in [3.05, 3.63) is 11.6 Å². The standard InChI is InChI=1S/C21H37N7O3/c1-15-25-26-18(27(15)5)13-23-19(22-12-17-9-7-11-30-17)24-16-8-6-10-28(14-16)20(29)31-21(2,3)4/h16-17H,6-14H2,1-5H3,(H2,22,23,24). The summed E-state index contributed by atoms with van der Waals surface area (Å²) in [5, 5.41) is 15.2. The molecule has 2 fully saturated rings. The molecule has 2 atom stereocenters. The van der Waals surface area contributed by atoms with Gasteiger partial charge in [-0.3, -0.25) is 0 Å². The first kappa shape index (κ1) is 23.3.